The third-order valence-electron chi connectivity index (χ3n) is 3.08. The zero-order chi connectivity index (χ0) is 15.7. The number of ether oxygens (including phenoxy) is 1. The molecule has 0 fully saturated rings. The van der Waals surface area contributed by atoms with Crippen molar-refractivity contribution in [2.24, 2.45) is 0 Å². The fourth-order valence-corrected chi connectivity index (χ4v) is 1.96. The number of carboxylic acids is 1. The summed E-state index contributed by atoms with van der Waals surface area (Å²) < 4.78 is 5.01. The predicted molar refractivity (Wildman–Crippen MR) is 79.1 cm³/mol. The van der Waals surface area contributed by atoms with Crippen molar-refractivity contribution in [3.8, 4) is 0 Å². The number of hydrogen-bond acceptors (Lipinski definition) is 3. The Morgan fingerprint density at radius 3 is 2.43 bits per heavy atom. The van der Waals surface area contributed by atoms with Crippen molar-refractivity contribution < 1.29 is 19.4 Å². The van der Waals surface area contributed by atoms with E-state index in [1.807, 2.05) is 25.1 Å². The number of carbonyl (C=O) groups is 2. The third kappa shape index (κ3) is 6.27. The van der Waals surface area contributed by atoms with Crippen molar-refractivity contribution in [1.29, 1.82) is 0 Å². The molecule has 1 rings (SSSR count). The van der Waals surface area contributed by atoms with Gasteiger partial charge in [-0.25, -0.2) is 4.79 Å². The van der Waals surface area contributed by atoms with E-state index in [1.54, 1.807) is 19.2 Å². The molecule has 2 unspecified atom stereocenters. The summed E-state index contributed by atoms with van der Waals surface area (Å²) in [5, 5.41) is 14.5. The van der Waals surface area contributed by atoms with Crippen molar-refractivity contribution in [3.63, 3.8) is 0 Å². The summed E-state index contributed by atoms with van der Waals surface area (Å²) in [6, 6.07) is 7.98. The molecule has 0 aliphatic heterocycles. The van der Waals surface area contributed by atoms with Gasteiger partial charge in [-0.05, 0) is 12.0 Å². The molecule has 0 saturated carbocycles. The van der Waals surface area contributed by atoms with Crippen LogP contribution in [0, 0.1) is 0 Å². The number of rotatable bonds is 8. The molecule has 0 spiro atoms. The van der Waals surface area contributed by atoms with E-state index in [1.165, 1.54) is 0 Å². The Morgan fingerprint density at radius 1 is 1.24 bits per heavy atom. The van der Waals surface area contributed by atoms with Crippen LogP contribution in [-0.2, 0) is 9.53 Å². The van der Waals surface area contributed by atoms with E-state index in [0.717, 1.165) is 12.0 Å². The van der Waals surface area contributed by atoms with Gasteiger partial charge in [-0.2, -0.15) is 0 Å². The summed E-state index contributed by atoms with van der Waals surface area (Å²) in [5.74, 6) is -0.965. The Morgan fingerprint density at radius 2 is 1.90 bits per heavy atom. The van der Waals surface area contributed by atoms with Gasteiger partial charge in [0, 0.05) is 7.11 Å². The molecule has 6 heteroatoms. The molecule has 116 valence electrons. The van der Waals surface area contributed by atoms with Gasteiger partial charge >= 0.3 is 12.0 Å². The minimum absolute atomic E-state index is 0.101. The van der Waals surface area contributed by atoms with Crippen molar-refractivity contribution in [1.82, 2.24) is 10.6 Å². The number of hydrogen-bond donors (Lipinski definition) is 3. The van der Waals surface area contributed by atoms with Gasteiger partial charge in [0.1, 0.15) is 0 Å². The lowest BCUT2D eigenvalue weighted by atomic mass is 10.0. The number of benzene rings is 1. The van der Waals surface area contributed by atoms with Gasteiger partial charge in [0.25, 0.3) is 0 Å². The molecule has 6 nitrogen and oxygen atoms in total. The van der Waals surface area contributed by atoms with Crippen molar-refractivity contribution >= 4 is 12.0 Å². The van der Waals surface area contributed by atoms with Gasteiger partial charge < -0.3 is 20.5 Å². The molecule has 1 aromatic carbocycles. The predicted octanol–water partition coefficient (Wildman–Crippen LogP) is 1.93. The second-order valence-electron chi connectivity index (χ2n) is 4.74. The smallest absolute Gasteiger partial charge is 0.315 e. The fourth-order valence-electron chi connectivity index (χ4n) is 1.96. The first-order valence-corrected chi connectivity index (χ1v) is 6.89. The van der Waals surface area contributed by atoms with Gasteiger partial charge in [-0.3, -0.25) is 4.79 Å². The van der Waals surface area contributed by atoms with Gasteiger partial charge in [-0.15, -0.1) is 0 Å². The lowest BCUT2D eigenvalue weighted by Gasteiger charge is -2.21. The lowest BCUT2D eigenvalue weighted by Crippen LogP contribution is -2.45. The molecule has 2 amide bonds. The molecule has 3 N–H and O–H groups in total. The highest BCUT2D eigenvalue weighted by Crippen LogP contribution is 2.16. The molecule has 0 bridgehead atoms. The highest BCUT2D eigenvalue weighted by atomic mass is 16.5. The van der Waals surface area contributed by atoms with Gasteiger partial charge in [0.2, 0.25) is 0 Å². The molecule has 21 heavy (non-hydrogen) atoms. The summed E-state index contributed by atoms with van der Waals surface area (Å²) in [5.41, 5.74) is 0.759. The van der Waals surface area contributed by atoms with Gasteiger partial charge in [0.05, 0.1) is 25.1 Å². The number of amides is 2. The highest BCUT2D eigenvalue weighted by Gasteiger charge is 2.19. The summed E-state index contributed by atoms with van der Waals surface area (Å²) in [4.78, 5) is 22.9. The van der Waals surface area contributed by atoms with E-state index < -0.39 is 18.0 Å². The van der Waals surface area contributed by atoms with Crippen molar-refractivity contribution in [2.75, 3.05) is 13.7 Å². The van der Waals surface area contributed by atoms with Crippen LogP contribution in [0.15, 0.2) is 30.3 Å². The lowest BCUT2D eigenvalue weighted by molar-refractivity contribution is -0.137. The van der Waals surface area contributed by atoms with E-state index in [0.29, 0.717) is 6.61 Å². The molecule has 1 aromatic rings. The van der Waals surface area contributed by atoms with E-state index in [9.17, 15) is 9.59 Å². The summed E-state index contributed by atoms with van der Waals surface area (Å²) in [6.07, 6.45) is 0.564. The first kappa shape index (κ1) is 17.0. The maximum atomic E-state index is 12.0. The first-order valence-electron chi connectivity index (χ1n) is 6.89. The quantitative estimate of drug-likeness (QED) is 0.683. The highest BCUT2D eigenvalue weighted by molar-refractivity contribution is 5.76. The Balaban J connectivity index is 2.68. The topological polar surface area (TPSA) is 87.7 Å². The second kappa shape index (κ2) is 8.97. The second-order valence-corrected chi connectivity index (χ2v) is 4.74. The van der Waals surface area contributed by atoms with Crippen LogP contribution < -0.4 is 10.6 Å². The molecular weight excluding hydrogens is 272 g/mol. The van der Waals surface area contributed by atoms with Gasteiger partial charge in [0.15, 0.2) is 0 Å². The molecule has 0 heterocycles. The zero-order valence-corrected chi connectivity index (χ0v) is 12.3. The van der Waals surface area contributed by atoms with Crippen LogP contribution >= 0.6 is 0 Å². The molecule has 0 aliphatic carbocycles. The number of carbonyl (C=O) groups excluding carboxylic acids is 1. The molecule has 2 atom stereocenters. The number of aliphatic carboxylic acids is 1. The zero-order valence-electron chi connectivity index (χ0n) is 12.3. The number of methoxy groups -OCH3 is 1. The first-order chi connectivity index (χ1) is 10.1. The summed E-state index contributed by atoms with van der Waals surface area (Å²) >= 11 is 0. The molecule has 0 saturated heterocycles. The number of urea groups is 1. The Kier molecular flexibility index (Phi) is 7.25. The van der Waals surface area contributed by atoms with E-state index in [-0.39, 0.29) is 12.5 Å². The minimum atomic E-state index is -0.965. The third-order valence-corrected chi connectivity index (χ3v) is 3.08. The van der Waals surface area contributed by atoms with Crippen LogP contribution in [0.4, 0.5) is 4.79 Å². The van der Waals surface area contributed by atoms with Crippen LogP contribution in [0.3, 0.4) is 0 Å². The standard InChI is InChI=1S/C15H22N2O4/c1-3-12(10-21-2)16-15(20)17-13(9-14(18)19)11-7-5-4-6-8-11/h4-8,12-13H,3,9-10H2,1-2H3,(H,18,19)(H2,16,17,20). The monoisotopic (exact) mass is 294 g/mol. The maximum absolute atomic E-state index is 12.0. The molecule has 0 aliphatic rings. The van der Waals surface area contributed by atoms with Crippen LogP contribution in [-0.4, -0.2) is 36.9 Å². The van der Waals surface area contributed by atoms with Gasteiger partial charge in [-0.1, -0.05) is 37.3 Å². The average Bonchev–Trinajstić information content (AvgIpc) is 2.46. The van der Waals surface area contributed by atoms with Crippen molar-refractivity contribution in [2.45, 2.75) is 31.8 Å². The molecular formula is C15H22N2O4. The van der Waals surface area contributed by atoms with E-state index >= 15 is 0 Å². The van der Waals surface area contributed by atoms with Crippen molar-refractivity contribution in [3.05, 3.63) is 35.9 Å². The largest absolute Gasteiger partial charge is 0.481 e. The number of nitrogens with one attached hydrogen (secondary N) is 2. The van der Waals surface area contributed by atoms with E-state index in [2.05, 4.69) is 10.6 Å². The van der Waals surface area contributed by atoms with E-state index in [4.69, 9.17) is 9.84 Å². The van der Waals surface area contributed by atoms with Crippen LogP contribution in [0.5, 0.6) is 0 Å². The molecule has 0 aromatic heterocycles. The van der Waals surface area contributed by atoms with Crippen LogP contribution in [0.2, 0.25) is 0 Å². The maximum Gasteiger partial charge on any atom is 0.315 e. The molecule has 0 radical (unpaired) electrons. The SMILES string of the molecule is CCC(COC)NC(=O)NC(CC(=O)O)c1ccccc1. The number of carboxylic acid groups (broad SMARTS) is 1. The minimum Gasteiger partial charge on any atom is -0.481 e. The van der Waals surface area contributed by atoms with Crippen LogP contribution in [0.1, 0.15) is 31.4 Å². The normalized spacial score (nSPS) is 13.2. The summed E-state index contributed by atoms with van der Waals surface area (Å²) in [6.45, 7) is 2.36. The Hall–Kier alpha value is -2.08. The Labute approximate surface area is 124 Å². The fraction of sp³-hybridized carbons (Fsp3) is 0.467. The Bertz CT molecular complexity index is 450. The average molecular weight is 294 g/mol. The summed E-state index contributed by atoms with van der Waals surface area (Å²) in [7, 11) is 1.57. The van der Waals surface area contributed by atoms with Crippen LogP contribution in [0.25, 0.3) is 0 Å².